The Balaban J connectivity index is 1.87. The zero-order valence-corrected chi connectivity index (χ0v) is 23.0. The average Bonchev–Trinajstić information content (AvgIpc) is 3.27. The molecule has 2 aromatic rings. The van der Waals surface area contributed by atoms with Crippen molar-refractivity contribution >= 4 is 17.7 Å². The number of hydrazone groups is 1. The SMILES string of the molecule is Cc1c2c(cc3c1N(C(=O)OC(C)C)CCCC3N(Cc1cc(C(F)(F)F)cc(C(F)(F)F)c1)/C(N)=N/N)CCC2. The highest BCUT2D eigenvalue weighted by Gasteiger charge is 2.39. The van der Waals surface area contributed by atoms with E-state index in [9.17, 15) is 31.1 Å². The van der Waals surface area contributed by atoms with Crippen molar-refractivity contribution in [2.45, 2.75) is 83.9 Å². The van der Waals surface area contributed by atoms with Gasteiger partial charge < -0.3 is 21.2 Å². The second kappa shape index (κ2) is 11.3. The minimum absolute atomic E-state index is 0.0834. The van der Waals surface area contributed by atoms with Gasteiger partial charge in [0.25, 0.3) is 0 Å². The molecule has 7 nitrogen and oxygen atoms in total. The summed E-state index contributed by atoms with van der Waals surface area (Å²) in [6.45, 7) is 5.24. The molecule has 4 N–H and O–H groups in total. The van der Waals surface area contributed by atoms with Crippen molar-refractivity contribution in [1.82, 2.24) is 4.90 Å². The molecule has 0 aromatic heterocycles. The molecule has 0 fully saturated rings. The van der Waals surface area contributed by atoms with Crippen LogP contribution < -0.4 is 16.5 Å². The molecule has 4 rings (SSSR count). The molecule has 0 saturated heterocycles. The van der Waals surface area contributed by atoms with Crippen molar-refractivity contribution in [2.75, 3.05) is 11.4 Å². The van der Waals surface area contributed by atoms with Crippen molar-refractivity contribution in [3.05, 3.63) is 63.2 Å². The summed E-state index contributed by atoms with van der Waals surface area (Å²) < 4.78 is 87.0. The van der Waals surface area contributed by atoms with Gasteiger partial charge in [0.2, 0.25) is 5.96 Å². The number of alkyl halides is 6. The van der Waals surface area contributed by atoms with Gasteiger partial charge in [-0.2, -0.15) is 26.3 Å². The molecule has 1 amide bonds. The lowest BCUT2D eigenvalue weighted by Gasteiger charge is -2.35. The molecule has 1 unspecified atom stereocenters. The third-order valence-corrected chi connectivity index (χ3v) is 7.52. The van der Waals surface area contributed by atoms with Crippen LogP contribution in [0.25, 0.3) is 0 Å². The van der Waals surface area contributed by atoms with Gasteiger partial charge in [-0.3, -0.25) is 4.90 Å². The molecule has 224 valence electrons. The zero-order valence-electron chi connectivity index (χ0n) is 23.0. The van der Waals surface area contributed by atoms with Crippen molar-refractivity contribution in [3.8, 4) is 0 Å². The monoisotopic (exact) mass is 585 g/mol. The lowest BCUT2D eigenvalue weighted by molar-refractivity contribution is -0.143. The van der Waals surface area contributed by atoms with Crippen LogP contribution in [-0.2, 0) is 36.5 Å². The smallest absolute Gasteiger partial charge is 0.416 e. The summed E-state index contributed by atoms with van der Waals surface area (Å²) in [6, 6.07) is 2.73. The molecule has 0 radical (unpaired) electrons. The Morgan fingerprint density at radius 1 is 1.07 bits per heavy atom. The maximum atomic E-state index is 13.6. The van der Waals surface area contributed by atoms with E-state index >= 15 is 0 Å². The molecule has 0 saturated carbocycles. The normalized spacial score (nSPS) is 17.8. The first-order valence-electron chi connectivity index (χ1n) is 13.3. The fraction of sp³-hybridized carbons (Fsp3) is 0.500. The maximum Gasteiger partial charge on any atom is 0.416 e. The number of rotatable bonds is 4. The fourth-order valence-electron chi connectivity index (χ4n) is 5.80. The summed E-state index contributed by atoms with van der Waals surface area (Å²) >= 11 is 0. The molecule has 0 spiro atoms. The quantitative estimate of drug-likeness (QED) is 0.142. The molecule has 1 aliphatic carbocycles. The van der Waals surface area contributed by atoms with Gasteiger partial charge in [-0.05, 0) is 98.9 Å². The number of hydrogen-bond acceptors (Lipinski definition) is 4. The third-order valence-electron chi connectivity index (χ3n) is 7.52. The Kier molecular flexibility index (Phi) is 8.38. The van der Waals surface area contributed by atoms with Gasteiger partial charge >= 0.3 is 18.4 Å². The molecule has 0 bridgehead atoms. The number of hydrogen-bond donors (Lipinski definition) is 2. The molecule has 2 aromatic carbocycles. The predicted molar refractivity (Wildman–Crippen MR) is 142 cm³/mol. The van der Waals surface area contributed by atoms with E-state index in [1.165, 1.54) is 4.90 Å². The Morgan fingerprint density at radius 2 is 1.71 bits per heavy atom. The molecule has 2 aliphatic rings. The van der Waals surface area contributed by atoms with Gasteiger partial charge in [-0.15, -0.1) is 5.10 Å². The number of fused-ring (bicyclic) bond motifs is 2. The summed E-state index contributed by atoms with van der Waals surface area (Å²) in [6.07, 6.45) is -7.55. The van der Waals surface area contributed by atoms with Crippen molar-refractivity contribution in [2.24, 2.45) is 16.7 Å². The van der Waals surface area contributed by atoms with Gasteiger partial charge in [-0.1, -0.05) is 6.07 Å². The molecule has 13 heteroatoms. The first-order valence-corrected chi connectivity index (χ1v) is 13.3. The van der Waals surface area contributed by atoms with Crippen LogP contribution in [0, 0.1) is 6.92 Å². The number of anilines is 1. The van der Waals surface area contributed by atoms with Gasteiger partial charge in [-0.25, -0.2) is 4.79 Å². The molecule has 1 atom stereocenters. The van der Waals surface area contributed by atoms with E-state index in [2.05, 4.69) is 5.10 Å². The molecular formula is C28H33F6N5O2. The molecule has 1 aliphatic heterocycles. The van der Waals surface area contributed by atoms with E-state index < -0.39 is 42.2 Å². The van der Waals surface area contributed by atoms with Crippen LogP contribution in [0.5, 0.6) is 0 Å². The van der Waals surface area contributed by atoms with Crippen molar-refractivity contribution in [1.29, 1.82) is 0 Å². The maximum absolute atomic E-state index is 13.6. The Morgan fingerprint density at radius 3 is 2.27 bits per heavy atom. The van der Waals surface area contributed by atoms with Gasteiger partial charge in [0.15, 0.2) is 0 Å². The van der Waals surface area contributed by atoms with E-state index in [1.54, 1.807) is 18.7 Å². The predicted octanol–water partition coefficient (Wildman–Crippen LogP) is 6.40. The third kappa shape index (κ3) is 6.33. The lowest BCUT2D eigenvalue weighted by Crippen LogP contribution is -2.41. The molecule has 1 heterocycles. The molecule has 41 heavy (non-hydrogen) atoms. The number of nitrogens with zero attached hydrogens (tertiary/aromatic N) is 3. The van der Waals surface area contributed by atoms with Crippen molar-refractivity contribution in [3.63, 3.8) is 0 Å². The number of benzene rings is 2. The fourth-order valence-corrected chi connectivity index (χ4v) is 5.80. The number of carbonyl (C=O) groups excluding carboxylic acids is 1. The summed E-state index contributed by atoms with van der Waals surface area (Å²) in [5.74, 6) is 5.26. The second-order valence-electron chi connectivity index (χ2n) is 10.7. The minimum atomic E-state index is -5.00. The average molecular weight is 586 g/mol. The van der Waals surface area contributed by atoms with Crippen LogP contribution in [0.2, 0.25) is 0 Å². The highest BCUT2D eigenvalue weighted by molar-refractivity contribution is 5.91. The minimum Gasteiger partial charge on any atom is -0.446 e. The largest absolute Gasteiger partial charge is 0.446 e. The summed E-state index contributed by atoms with van der Waals surface area (Å²) in [4.78, 5) is 16.2. The van der Waals surface area contributed by atoms with Crippen LogP contribution in [0.15, 0.2) is 29.4 Å². The van der Waals surface area contributed by atoms with E-state index in [0.717, 1.165) is 36.0 Å². The van der Waals surface area contributed by atoms with E-state index in [0.29, 0.717) is 42.8 Å². The first kappa shape index (κ1) is 30.3. The van der Waals surface area contributed by atoms with Crippen LogP contribution in [0.4, 0.5) is 36.8 Å². The molecular weight excluding hydrogens is 552 g/mol. The Bertz CT molecular complexity index is 1310. The number of halogens is 6. The number of amides is 1. The summed E-state index contributed by atoms with van der Waals surface area (Å²) in [5, 5.41) is 3.57. The van der Waals surface area contributed by atoms with Gasteiger partial charge in [0.1, 0.15) is 0 Å². The topological polar surface area (TPSA) is 97.2 Å². The van der Waals surface area contributed by atoms with Crippen LogP contribution >= 0.6 is 0 Å². The summed E-state index contributed by atoms with van der Waals surface area (Å²) in [7, 11) is 0. The number of aryl methyl sites for hydroxylation is 1. The van der Waals surface area contributed by atoms with Crippen LogP contribution in [0.1, 0.15) is 78.1 Å². The first-order chi connectivity index (χ1) is 19.1. The van der Waals surface area contributed by atoms with Gasteiger partial charge in [0, 0.05) is 13.1 Å². The number of carbonyl (C=O) groups is 1. The van der Waals surface area contributed by atoms with Crippen LogP contribution in [0.3, 0.4) is 0 Å². The van der Waals surface area contributed by atoms with E-state index in [1.807, 2.05) is 13.0 Å². The highest BCUT2D eigenvalue weighted by Crippen LogP contribution is 2.44. The zero-order chi connectivity index (χ0) is 30.3. The number of guanidine groups is 1. The second-order valence-corrected chi connectivity index (χ2v) is 10.7. The Hall–Kier alpha value is -3.64. The number of nitrogens with two attached hydrogens (primary N) is 2. The van der Waals surface area contributed by atoms with E-state index in [4.69, 9.17) is 16.3 Å². The summed E-state index contributed by atoms with van der Waals surface area (Å²) in [5.41, 5.74) is 7.38. The van der Waals surface area contributed by atoms with E-state index in [-0.39, 0.29) is 23.7 Å². The Labute approximate surface area is 234 Å². The van der Waals surface area contributed by atoms with Crippen LogP contribution in [-0.4, -0.2) is 29.6 Å². The van der Waals surface area contributed by atoms with Crippen molar-refractivity contribution < 1.29 is 35.9 Å². The highest BCUT2D eigenvalue weighted by atomic mass is 19.4. The standard InChI is InChI=1S/C28H33F6N5O2/c1-15(2)41-26(40)38-9-5-8-23(22-12-18-6-4-7-21(18)16(3)24(22)38)39(25(35)37-36)14-17-10-19(27(29,30)31)13-20(11-17)28(32,33)34/h10-13,15,23H,4-9,14,36H2,1-3H3,(H2,35,37). The lowest BCUT2D eigenvalue weighted by atomic mass is 9.91. The van der Waals surface area contributed by atoms with Gasteiger partial charge in [0.05, 0.1) is 29.0 Å². The number of ether oxygens (including phenoxy) is 1.